The van der Waals surface area contributed by atoms with E-state index in [1.54, 1.807) is 41.5 Å². The molecule has 0 bridgehead atoms. The second kappa shape index (κ2) is 39.0. The van der Waals surface area contributed by atoms with Crippen LogP contribution in [0.2, 0.25) is 0 Å². The van der Waals surface area contributed by atoms with E-state index in [1.165, 1.54) is 0 Å². The van der Waals surface area contributed by atoms with Gasteiger partial charge < -0.3 is 61.3 Å². The third kappa shape index (κ3) is 146. The first-order chi connectivity index (χ1) is 13.6. The molecule has 12 nitrogen and oxygen atoms in total. The molecule has 0 amide bonds. The van der Waals surface area contributed by atoms with Crippen LogP contribution in [0, 0.1) is 0 Å². The van der Waals surface area contributed by atoms with Crippen LogP contribution in [0.15, 0.2) is 0 Å². The van der Waals surface area contributed by atoms with E-state index in [-0.39, 0.29) is 0 Å². The first-order valence-corrected chi connectivity index (χ1v) is 9.79. The van der Waals surface area contributed by atoms with Gasteiger partial charge in [0.15, 0.2) is 37.7 Å². The number of aliphatic hydroxyl groups excluding tert-OH is 6. The lowest BCUT2D eigenvalue weighted by Gasteiger charge is -1.90. The molecule has 30 heavy (non-hydrogen) atoms. The van der Waals surface area contributed by atoms with Gasteiger partial charge in [0, 0.05) is 0 Å². The highest BCUT2D eigenvalue weighted by molar-refractivity contribution is 4.23. The number of hydrogen-bond donors (Lipinski definition) is 12. The third-order valence-electron chi connectivity index (χ3n) is 2.19. The van der Waals surface area contributed by atoms with E-state index < -0.39 is 37.7 Å². The van der Waals surface area contributed by atoms with E-state index >= 15 is 0 Å². The van der Waals surface area contributed by atoms with Gasteiger partial charge in [-0.15, -0.1) is 0 Å². The molecule has 0 spiro atoms. The molecule has 0 aliphatic heterocycles. The standard InChI is InChI=1S/6C3H8O2/c6*1-2-3(4)5/h6*3-5H,2H2,1H3. The predicted molar refractivity (Wildman–Crippen MR) is 111 cm³/mol. The topological polar surface area (TPSA) is 243 Å². The molecule has 192 valence electrons. The summed E-state index contributed by atoms with van der Waals surface area (Å²) >= 11 is 0. The van der Waals surface area contributed by atoms with Crippen LogP contribution in [-0.2, 0) is 0 Å². The molecule has 0 unspecified atom stereocenters. The Kier molecular flexibility index (Phi) is 56.5. The lowest BCUT2D eigenvalue weighted by molar-refractivity contribution is -0.0420. The quantitative estimate of drug-likeness (QED) is 0.199. The van der Waals surface area contributed by atoms with Crippen LogP contribution >= 0.6 is 0 Å². The average Bonchev–Trinajstić information content (AvgIpc) is 2.69. The van der Waals surface area contributed by atoms with Gasteiger partial charge in [0.1, 0.15) is 0 Å². The van der Waals surface area contributed by atoms with E-state index in [2.05, 4.69) is 0 Å². The third-order valence-corrected chi connectivity index (χ3v) is 2.19. The maximum absolute atomic E-state index is 7.92. The molecular weight excluding hydrogens is 408 g/mol. The fourth-order valence-corrected chi connectivity index (χ4v) is 0. The summed E-state index contributed by atoms with van der Waals surface area (Å²) in [7, 11) is 0. The minimum Gasteiger partial charge on any atom is -0.368 e. The molecule has 12 heteroatoms. The summed E-state index contributed by atoms with van der Waals surface area (Å²) in [6.07, 6.45) is -4.19. The largest absolute Gasteiger partial charge is 0.368 e. The molecule has 0 aliphatic carbocycles. The lowest BCUT2D eigenvalue weighted by Crippen LogP contribution is -1.99. The highest BCUT2D eigenvalue weighted by Crippen LogP contribution is 1.79. The fourth-order valence-electron chi connectivity index (χ4n) is 0. The zero-order chi connectivity index (χ0) is 25.7. The predicted octanol–water partition coefficient (Wildman–Crippen LogP) is -1.76. The van der Waals surface area contributed by atoms with Crippen LogP contribution in [0.25, 0.3) is 0 Å². The summed E-state index contributed by atoms with van der Waals surface area (Å²) < 4.78 is 0. The summed E-state index contributed by atoms with van der Waals surface area (Å²) in [5, 5.41) is 95.0. The molecule has 0 fully saturated rings. The van der Waals surface area contributed by atoms with E-state index in [1.807, 2.05) is 0 Å². The maximum Gasteiger partial charge on any atom is 0.151 e. The molecule has 0 saturated heterocycles. The van der Waals surface area contributed by atoms with Crippen molar-refractivity contribution in [3.05, 3.63) is 0 Å². The highest BCUT2D eigenvalue weighted by atomic mass is 16.5. The number of rotatable bonds is 6. The van der Waals surface area contributed by atoms with Crippen molar-refractivity contribution >= 4 is 0 Å². The van der Waals surface area contributed by atoms with Crippen LogP contribution in [-0.4, -0.2) is 99.0 Å². The van der Waals surface area contributed by atoms with Crippen molar-refractivity contribution < 1.29 is 61.3 Å². The van der Waals surface area contributed by atoms with Gasteiger partial charge >= 0.3 is 0 Å². The normalized spacial score (nSPS) is 9.60. The number of aliphatic hydroxyl groups is 12. The minimum absolute atomic E-state index is 0.417. The van der Waals surface area contributed by atoms with E-state index in [4.69, 9.17) is 61.3 Å². The SMILES string of the molecule is CCC(O)O.CCC(O)O.CCC(O)O.CCC(O)O.CCC(O)O.CCC(O)O. The zero-order valence-electron chi connectivity index (χ0n) is 19.1. The van der Waals surface area contributed by atoms with Gasteiger partial charge in [0.25, 0.3) is 0 Å². The van der Waals surface area contributed by atoms with Gasteiger partial charge in [0.05, 0.1) is 0 Å². The van der Waals surface area contributed by atoms with Crippen molar-refractivity contribution in [3.63, 3.8) is 0 Å². The zero-order valence-corrected chi connectivity index (χ0v) is 19.1. The molecule has 0 aromatic rings. The van der Waals surface area contributed by atoms with Gasteiger partial charge in [-0.2, -0.15) is 0 Å². The Morgan fingerprint density at radius 2 is 0.300 bits per heavy atom. The van der Waals surface area contributed by atoms with Gasteiger partial charge in [-0.25, -0.2) is 0 Å². The molecule has 12 N–H and O–H groups in total. The highest BCUT2D eigenvalue weighted by Gasteiger charge is 1.85. The Hall–Kier alpha value is -0.480. The summed E-state index contributed by atoms with van der Waals surface area (Å²) in [6.45, 7) is 10.2. The summed E-state index contributed by atoms with van der Waals surface area (Å²) in [6, 6.07) is 0. The Morgan fingerprint density at radius 1 is 0.267 bits per heavy atom. The molecule has 0 aromatic heterocycles. The Labute approximate surface area is 180 Å². The van der Waals surface area contributed by atoms with Crippen LogP contribution in [0.5, 0.6) is 0 Å². The molecule has 0 aromatic carbocycles. The minimum atomic E-state index is -1.12. The van der Waals surface area contributed by atoms with Gasteiger partial charge in [-0.05, 0) is 38.5 Å². The smallest absolute Gasteiger partial charge is 0.151 e. The van der Waals surface area contributed by atoms with Crippen LogP contribution in [0.1, 0.15) is 80.1 Å². The van der Waals surface area contributed by atoms with Crippen molar-refractivity contribution in [2.24, 2.45) is 0 Å². The molecule has 0 saturated carbocycles. The molecular formula is C18H48O12. The number of hydrogen-bond acceptors (Lipinski definition) is 12. The molecule has 0 atom stereocenters. The summed E-state index contributed by atoms with van der Waals surface area (Å²) in [4.78, 5) is 0. The first-order valence-electron chi connectivity index (χ1n) is 9.79. The summed E-state index contributed by atoms with van der Waals surface area (Å²) in [5.41, 5.74) is 0. The second-order valence-corrected chi connectivity index (χ2v) is 5.33. The monoisotopic (exact) mass is 456 g/mol. The molecule has 0 aliphatic rings. The summed E-state index contributed by atoms with van der Waals surface area (Å²) in [5.74, 6) is 0. The molecule has 0 rings (SSSR count). The average molecular weight is 457 g/mol. The van der Waals surface area contributed by atoms with Crippen LogP contribution in [0.4, 0.5) is 0 Å². The van der Waals surface area contributed by atoms with Crippen LogP contribution in [0.3, 0.4) is 0 Å². The van der Waals surface area contributed by atoms with Crippen molar-refractivity contribution in [1.29, 1.82) is 0 Å². The van der Waals surface area contributed by atoms with Crippen molar-refractivity contribution in [2.45, 2.75) is 118 Å². The van der Waals surface area contributed by atoms with Crippen molar-refractivity contribution in [3.8, 4) is 0 Å². The van der Waals surface area contributed by atoms with Crippen molar-refractivity contribution in [2.75, 3.05) is 0 Å². The maximum atomic E-state index is 7.92. The van der Waals surface area contributed by atoms with Gasteiger partial charge in [-0.3, -0.25) is 0 Å². The first kappa shape index (κ1) is 43.4. The Balaban J connectivity index is -0.0000000576. The van der Waals surface area contributed by atoms with Gasteiger partial charge in [0.2, 0.25) is 0 Å². The van der Waals surface area contributed by atoms with Gasteiger partial charge in [-0.1, -0.05) is 41.5 Å². The Bertz CT molecular complexity index is 175. The van der Waals surface area contributed by atoms with E-state index in [9.17, 15) is 0 Å². The lowest BCUT2D eigenvalue weighted by atomic mass is 10.5. The van der Waals surface area contributed by atoms with E-state index in [0.717, 1.165) is 0 Å². The van der Waals surface area contributed by atoms with Crippen LogP contribution < -0.4 is 0 Å². The fraction of sp³-hybridized carbons (Fsp3) is 1.00. The Morgan fingerprint density at radius 3 is 0.300 bits per heavy atom. The molecule has 0 heterocycles. The second-order valence-electron chi connectivity index (χ2n) is 5.33. The van der Waals surface area contributed by atoms with E-state index in [0.29, 0.717) is 38.5 Å². The van der Waals surface area contributed by atoms with Crippen molar-refractivity contribution in [1.82, 2.24) is 0 Å². The molecule has 0 radical (unpaired) electrons.